The van der Waals surface area contributed by atoms with Crippen molar-refractivity contribution >= 4 is 17.7 Å². The first kappa shape index (κ1) is 10.2. The fraction of sp³-hybridized carbons (Fsp3) is 0.200. The summed E-state index contributed by atoms with van der Waals surface area (Å²) in [5, 5.41) is 9.41. The van der Waals surface area contributed by atoms with E-state index in [1.807, 2.05) is 0 Å². The van der Waals surface area contributed by atoms with E-state index in [1.165, 1.54) is 30.4 Å². The molecule has 0 bridgehead atoms. The maximum Gasteiger partial charge on any atom is 0.130 e. The molecule has 0 radical (unpaired) electrons. The number of benzene rings is 1. The van der Waals surface area contributed by atoms with Crippen molar-refractivity contribution in [1.82, 2.24) is 0 Å². The molecule has 3 heteroatoms. The Bertz CT molecular complexity index is 321. The van der Waals surface area contributed by atoms with E-state index in [4.69, 9.17) is 16.7 Å². The van der Waals surface area contributed by atoms with Gasteiger partial charge in [0, 0.05) is 10.6 Å². The molecule has 70 valence electrons. The van der Waals surface area contributed by atoms with E-state index in [2.05, 4.69) is 0 Å². The van der Waals surface area contributed by atoms with Gasteiger partial charge in [0.15, 0.2) is 0 Å². The van der Waals surface area contributed by atoms with E-state index < -0.39 is 6.10 Å². The van der Waals surface area contributed by atoms with Gasteiger partial charge in [0.1, 0.15) is 5.82 Å². The highest BCUT2D eigenvalue weighted by molar-refractivity contribution is 6.30. The van der Waals surface area contributed by atoms with Crippen LogP contribution in [0.25, 0.3) is 6.08 Å². The molecule has 1 aromatic carbocycles. The lowest BCUT2D eigenvalue weighted by atomic mass is 10.2. The highest BCUT2D eigenvalue weighted by atomic mass is 35.5. The van der Waals surface area contributed by atoms with Crippen LogP contribution in [0.1, 0.15) is 12.5 Å². The summed E-state index contributed by atoms with van der Waals surface area (Å²) in [6.45, 7) is 1.60. The third-order valence-corrected chi connectivity index (χ3v) is 1.75. The van der Waals surface area contributed by atoms with Crippen LogP contribution in [0.2, 0.25) is 5.02 Å². The Balaban J connectivity index is 2.93. The lowest BCUT2D eigenvalue weighted by molar-refractivity contribution is 0.245. The standard InChI is InChI=1S/C10H10ClFO/c1-7(13)2-3-8-6-9(11)4-5-10(8)12/h2-7,13H,1H3/b3-2+. The number of aliphatic hydroxyl groups is 1. The molecule has 1 unspecified atom stereocenters. The van der Waals surface area contributed by atoms with E-state index in [9.17, 15) is 4.39 Å². The van der Waals surface area contributed by atoms with Crippen molar-refractivity contribution in [1.29, 1.82) is 0 Å². The number of hydrogen-bond acceptors (Lipinski definition) is 1. The van der Waals surface area contributed by atoms with Gasteiger partial charge in [-0.15, -0.1) is 0 Å². The maximum absolute atomic E-state index is 13.0. The summed E-state index contributed by atoms with van der Waals surface area (Å²) >= 11 is 5.67. The van der Waals surface area contributed by atoms with Crippen LogP contribution in [0.4, 0.5) is 4.39 Å². The number of halogens is 2. The van der Waals surface area contributed by atoms with Crippen LogP contribution in [0, 0.1) is 5.82 Å². The summed E-state index contributed by atoms with van der Waals surface area (Å²) in [7, 11) is 0. The lowest BCUT2D eigenvalue weighted by Crippen LogP contribution is -1.92. The van der Waals surface area contributed by atoms with Crippen LogP contribution in [0.5, 0.6) is 0 Å². The van der Waals surface area contributed by atoms with Crippen LogP contribution >= 0.6 is 11.6 Å². The molecule has 1 aromatic rings. The van der Waals surface area contributed by atoms with Crippen LogP contribution in [-0.4, -0.2) is 11.2 Å². The minimum Gasteiger partial charge on any atom is -0.389 e. The van der Waals surface area contributed by atoms with Gasteiger partial charge in [-0.25, -0.2) is 4.39 Å². The third kappa shape index (κ3) is 3.17. The van der Waals surface area contributed by atoms with Gasteiger partial charge in [-0.05, 0) is 25.1 Å². The molecule has 1 atom stereocenters. The second-order valence-electron chi connectivity index (χ2n) is 2.77. The van der Waals surface area contributed by atoms with Gasteiger partial charge in [0.25, 0.3) is 0 Å². The monoisotopic (exact) mass is 200 g/mol. The molecule has 1 rings (SSSR count). The Morgan fingerprint density at radius 3 is 2.85 bits per heavy atom. The van der Waals surface area contributed by atoms with Gasteiger partial charge in [-0.3, -0.25) is 0 Å². The molecule has 0 spiro atoms. The summed E-state index contributed by atoms with van der Waals surface area (Å²) in [4.78, 5) is 0. The first-order chi connectivity index (χ1) is 6.09. The minimum absolute atomic E-state index is 0.346. The van der Waals surface area contributed by atoms with Gasteiger partial charge in [-0.2, -0.15) is 0 Å². The van der Waals surface area contributed by atoms with E-state index in [-0.39, 0.29) is 5.82 Å². The fourth-order valence-corrected chi connectivity index (χ4v) is 1.07. The molecule has 0 amide bonds. The first-order valence-corrected chi connectivity index (χ1v) is 4.28. The molecule has 0 aliphatic rings. The summed E-state index contributed by atoms with van der Waals surface area (Å²) < 4.78 is 13.0. The molecule has 0 aliphatic carbocycles. The molecule has 0 fully saturated rings. The molecule has 0 saturated carbocycles. The molecule has 13 heavy (non-hydrogen) atoms. The van der Waals surface area contributed by atoms with Crippen LogP contribution in [-0.2, 0) is 0 Å². The van der Waals surface area contributed by atoms with Crippen molar-refractivity contribution < 1.29 is 9.50 Å². The molecule has 0 aromatic heterocycles. The van der Waals surface area contributed by atoms with Crippen molar-refractivity contribution in [2.45, 2.75) is 13.0 Å². The van der Waals surface area contributed by atoms with Crippen molar-refractivity contribution in [2.24, 2.45) is 0 Å². The van der Waals surface area contributed by atoms with Gasteiger partial charge in [-0.1, -0.05) is 23.8 Å². The van der Waals surface area contributed by atoms with Gasteiger partial charge >= 0.3 is 0 Å². The largest absolute Gasteiger partial charge is 0.389 e. The number of rotatable bonds is 2. The summed E-state index contributed by atoms with van der Waals surface area (Å²) in [5.74, 6) is -0.346. The number of aliphatic hydroxyl groups excluding tert-OH is 1. The molecule has 1 nitrogen and oxygen atoms in total. The summed E-state index contributed by atoms with van der Waals surface area (Å²) in [6, 6.07) is 4.29. The molecule has 0 aliphatic heterocycles. The SMILES string of the molecule is CC(O)/C=C/c1cc(Cl)ccc1F. The zero-order valence-electron chi connectivity index (χ0n) is 7.17. The van der Waals surface area contributed by atoms with E-state index in [0.29, 0.717) is 10.6 Å². The lowest BCUT2D eigenvalue weighted by Gasteiger charge is -1.98. The molecule has 0 heterocycles. The molecular formula is C10H10ClFO. The Morgan fingerprint density at radius 1 is 1.54 bits per heavy atom. The average Bonchev–Trinajstić information content (AvgIpc) is 2.06. The van der Waals surface area contributed by atoms with Crippen LogP contribution < -0.4 is 0 Å². The minimum atomic E-state index is -0.585. The van der Waals surface area contributed by atoms with Gasteiger partial charge in [0.05, 0.1) is 6.10 Å². The molecule has 0 saturated heterocycles. The molecule has 1 N–H and O–H groups in total. The highest BCUT2D eigenvalue weighted by Crippen LogP contribution is 2.16. The predicted octanol–water partition coefficient (Wildman–Crippen LogP) is 2.87. The summed E-state index contributed by atoms with van der Waals surface area (Å²) in [5.41, 5.74) is 0.383. The van der Waals surface area contributed by atoms with Crippen LogP contribution in [0.3, 0.4) is 0 Å². The van der Waals surface area contributed by atoms with Crippen LogP contribution in [0.15, 0.2) is 24.3 Å². The quantitative estimate of drug-likeness (QED) is 0.779. The predicted molar refractivity (Wildman–Crippen MR) is 52.1 cm³/mol. The zero-order chi connectivity index (χ0) is 9.84. The van der Waals surface area contributed by atoms with Crippen molar-refractivity contribution in [3.8, 4) is 0 Å². The Morgan fingerprint density at radius 2 is 2.23 bits per heavy atom. The van der Waals surface area contributed by atoms with E-state index in [0.717, 1.165) is 0 Å². The maximum atomic E-state index is 13.0. The first-order valence-electron chi connectivity index (χ1n) is 3.91. The van der Waals surface area contributed by atoms with Crippen molar-refractivity contribution in [2.75, 3.05) is 0 Å². The second kappa shape index (κ2) is 4.40. The fourth-order valence-electron chi connectivity index (χ4n) is 0.885. The smallest absolute Gasteiger partial charge is 0.130 e. The van der Waals surface area contributed by atoms with Gasteiger partial charge in [0.2, 0.25) is 0 Å². The third-order valence-electron chi connectivity index (χ3n) is 1.51. The second-order valence-corrected chi connectivity index (χ2v) is 3.20. The average molecular weight is 201 g/mol. The molecular weight excluding hydrogens is 191 g/mol. The Labute approximate surface area is 81.5 Å². The van der Waals surface area contributed by atoms with Crippen molar-refractivity contribution in [3.05, 3.63) is 40.7 Å². The summed E-state index contributed by atoms with van der Waals surface area (Å²) in [6.07, 6.45) is 2.42. The van der Waals surface area contributed by atoms with E-state index in [1.54, 1.807) is 6.92 Å². The topological polar surface area (TPSA) is 20.2 Å². The van der Waals surface area contributed by atoms with Gasteiger partial charge < -0.3 is 5.11 Å². The Kier molecular flexibility index (Phi) is 3.46. The Hall–Kier alpha value is -0.860. The van der Waals surface area contributed by atoms with E-state index >= 15 is 0 Å². The zero-order valence-corrected chi connectivity index (χ0v) is 7.92. The highest BCUT2D eigenvalue weighted by Gasteiger charge is 1.98. The van der Waals surface area contributed by atoms with Crippen molar-refractivity contribution in [3.63, 3.8) is 0 Å². The normalized spacial score (nSPS) is 13.5. The number of hydrogen-bond donors (Lipinski definition) is 1.